The van der Waals surface area contributed by atoms with Crippen molar-refractivity contribution in [2.24, 2.45) is 5.92 Å². The molecule has 0 aromatic carbocycles. The number of hydrogen-bond donors (Lipinski definition) is 0. The van der Waals surface area contributed by atoms with E-state index in [1.807, 2.05) is 18.4 Å². The van der Waals surface area contributed by atoms with Gasteiger partial charge in [-0.3, -0.25) is 4.79 Å². The summed E-state index contributed by atoms with van der Waals surface area (Å²) in [5, 5.41) is 2.00. The molecule has 0 atom stereocenters. The average Bonchev–Trinajstić information content (AvgIpc) is 2.60. The molecule has 0 N–H and O–H groups in total. The van der Waals surface area contributed by atoms with Gasteiger partial charge in [0.2, 0.25) is 0 Å². The van der Waals surface area contributed by atoms with Crippen LogP contribution < -0.4 is 0 Å². The smallest absolute Gasteiger partial charge is 0.173 e. The summed E-state index contributed by atoms with van der Waals surface area (Å²) in [7, 11) is 0. The molecule has 0 saturated carbocycles. The van der Waals surface area contributed by atoms with Crippen LogP contribution >= 0.6 is 11.3 Å². The van der Waals surface area contributed by atoms with Gasteiger partial charge in [-0.1, -0.05) is 26.7 Å². The molecular formula is C12H18OS. The fraction of sp³-hybridized carbons (Fsp3) is 0.583. The number of thiophene rings is 1. The predicted molar refractivity (Wildman–Crippen MR) is 62.1 cm³/mol. The number of Topliss-reactive ketones (excluding diaryl/α,β-unsaturated/α-hetero) is 1. The van der Waals surface area contributed by atoms with Crippen LogP contribution in [0.5, 0.6) is 0 Å². The lowest BCUT2D eigenvalue weighted by Crippen LogP contribution is -2.06. The Morgan fingerprint density at radius 1 is 1.43 bits per heavy atom. The third-order valence-corrected chi connectivity index (χ3v) is 3.80. The summed E-state index contributed by atoms with van der Waals surface area (Å²) < 4.78 is 0. The molecule has 14 heavy (non-hydrogen) atoms. The zero-order valence-electron chi connectivity index (χ0n) is 9.17. The van der Waals surface area contributed by atoms with Crippen LogP contribution in [0.15, 0.2) is 11.4 Å². The second-order valence-corrected chi connectivity index (χ2v) is 4.66. The first-order chi connectivity index (χ1) is 6.69. The van der Waals surface area contributed by atoms with Crippen LogP contribution in [0.25, 0.3) is 0 Å². The fourth-order valence-corrected chi connectivity index (χ4v) is 2.47. The van der Waals surface area contributed by atoms with Gasteiger partial charge in [-0.25, -0.2) is 0 Å². The molecule has 0 unspecified atom stereocenters. The van der Waals surface area contributed by atoms with E-state index >= 15 is 0 Å². The lowest BCUT2D eigenvalue weighted by atomic mass is 9.96. The summed E-state index contributed by atoms with van der Waals surface area (Å²) in [6.45, 7) is 6.32. The highest BCUT2D eigenvalue weighted by Gasteiger charge is 2.14. The molecule has 0 fully saturated rings. The molecule has 1 aromatic rings. The number of ketones is 1. The van der Waals surface area contributed by atoms with Gasteiger partial charge < -0.3 is 0 Å². The van der Waals surface area contributed by atoms with Crippen molar-refractivity contribution in [1.29, 1.82) is 0 Å². The molecule has 0 amide bonds. The number of carbonyl (C=O) groups is 1. The summed E-state index contributed by atoms with van der Waals surface area (Å²) in [5.41, 5.74) is 1.13. The van der Waals surface area contributed by atoms with Crippen molar-refractivity contribution >= 4 is 17.1 Å². The Hall–Kier alpha value is -0.630. The maximum atomic E-state index is 11.9. The lowest BCUT2D eigenvalue weighted by molar-refractivity contribution is 0.0962. The Balaban J connectivity index is 2.63. The Kier molecular flexibility index (Phi) is 4.33. The molecule has 0 saturated heterocycles. The van der Waals surface area contributed by atoms with Gasteiger partial charge in [-0.15, -0.1) is 11.3 Å². The van der Waals surface area contributed by atoms with E-state index in [0.717, 1.165) is 23.3 Å². The second-order valence-electron chi connectivity index (χ2n) is 3.74. The maximum Gasteiger partial charge on any atom is 0.173 e. The first-order valence-electron chi connectivity index (χ1n) is 5.26. The highest BCUT2D eigenvalue weighted by molar-refractivity contribution is 7.12. The van der Waals surface area contributed by atoms with Gasteiger partial charge in [0.1, 0.15) is 0 Å². The van der Waals surface area contributed by atoms with Crippen LogP contribution in [0, 0.1) is 12.8 Å². The molecular weight excluding hydrogens is 192 g/mol. The van der Waals surface area contributed by atoms with Crippen molar-refractivity contribution in [3.05, 3.63) is 21.9 Å². The molecule has 78 valence electrons. The quantitative estimate of drug-likeness (QED) is 0.670. The van der Waals surface area contributed by atoms with Crippen molar-refractivity contribution in [2.75, 3.05) is 0 Å². The van der Waals surface area contributed by atoms with E-state index in [1.165, 1.54) is 0 Å². The summed E-state index contributed by atoms with van der Waals surface area (Å²) >= 11 is 1.57. The Morgan fingerprint density at radius 3 is 2.50 bits per heavy atom. The zero-order chi connectivity index (χ0) is 10.6. The van der Waals surface area contributed by atoms with Crippen LogP contribution in [-0.2, 0) is 0 Å². The van der Waals surface area contributed by atoms with E-state index in [2.05, 4.69) is 13.8 Å². The highest BCUT2D eigenvalue weighted by atomic mass is 32.1. The molecule has 0 aliphatic carbocycles. The van der Waals surface area contributed by atoms with Crippen LogP contribution in [-0.4, -0.2) is 5.78 Å². The SMILES string of the molecule is CCC(CC)CC(=O)c1sccc1C. The number of rotatable bonds is 5. The van der Waals surface area contributed by atoms with E-state index < -0.39 is 0 Å². The Bertz CT molecular complexity index is 297. The zero-order valence-corrected chi connectivity index (χ0v) is 9.99. The van der Waals surface area contributed by atoms with Gasteiger partial charge in [0.15, 0.2) is 5.78 Å². The Labute approximate surface area is 90.2 Å². The van der Waals surface area contributed by atoms with E-state index in [4.69, 9.17) is 0 Å². The third-order valence-electron chi connectivity index (χ3n) is 2.74. The van der Waals surface area contributed by atoms with Gasteiger partial charge in [0, 0.05) is 6.42 Å². The van der Waals surface area contributed by atoms with Crippen molar-refractivity contribution < 1.29 is 4.79 Å². The summed E-state index contributed by atoms with van der Waals surface area (Å²) in [6.07, 6.45) is 2.92. The normalized spacial score (nSPS) is 10.9. The second kappa shape index (κ2) is 5.30. The van der Waals surface area contributed by atoms with Gasteiger partial charge >= 0.3 is 0 Å². The molecule has 0 bridgehead atoms. The Morgan fingerprint density at radius 2 is 2.07 bits per heavy atom. The summed E-state index contributed by atoms with van der Waals surface area (Å²) in [4.78, 5) is 12.8. The summed E-state index contributed by atoms with van der Waals surface area (Å²) in [6, 6.07) is 2.02. The largest absolute Gasteiger partial charge is 0.293 e. The van der Waals surface area contributed by atoms with Crippen LogP contribution in [0.3, 0.4) is 0 Å². The van der Waals surface area contributed by atoms with E-state index in [9.17, 15) is 4.79 Å². The molecule has 1 aromatic heterocycles. The molecule has 1 rings (SSSR count). The first-order valence-corrected chi connectivity index (χ1v) is 6.14. The minimum Gasteiger partial charge on any atom is -0.293 e. The molecule has 0 radical (unpaired) electrons. The fourth-order valence-electron chi connectivity index (χ4n) is 1.59. The van der Waals surface area contributed by atoms with Gasteiger partial charge in [0.25, 0.3) is 0 Å². The molecule has 1 nitrogen and oxygen atoms in total. The van der Waals surface area contributed by atoms with Crippen molar-refractivity contribution in [1.82, 2.24) is 0 Å². The number of hydrogen-bond acceptors (Lipinski definition) is 2. The summed E-state index contributed by atoms with van der Waals surface area (Å²) in [5.74, 6) is 0.884. The van der Waals surface area contributed by atoms with E-state index in [-0.39, 0.29) is 0 Å². The monoisotopic (exact) mass is 210 g/mol. The maximum absolute atomic E-state index is 11.9. The number of aryl methyl sites for hydroxylation is 1. The molecule has 1 heterocycles. The highest BCUT2D eigenvalue weighted by Crippen LogP contribution is 2.22. The number of carbonyl (C=O) groups excluding carboxylic acids is 1. The minimum atomic E-state index is 0.325. The van der Waals surface area contributed by atoms with Gasteiger partial charge in [-0.2, -0.15) is 0 Å². The molecule has 2 heteroatoms. The first kappa shape index (κ1) is 11.4. The van der Waals surface area contributed by atoms with Crippen LogP contribution in [0.1, 0.15) is 48.3 Å². The predicted octanol–water partition coefficient (Wildman–Crippen LogP) is 4.07. The third kappa shape index (κ3) is 2.68. The average molecular weight is 210 g/mol. The lowest BCUT2D eigenvalue weighted by Gasteiger charge is -2.10. The van der Waals surface area contributed by atoms with Crippen LogP contribution in [0.2, 0.25) is 0 Å². The van der Waals surface area contributed by atoms with Crippen molar-refractivity contribution in [2.45, 2.75) is 40.0 Å². The topological polar surface area (TPSA) is 17.1 Å². The van der Waals surface area contributed by atoms with E-state index in [0.29, 0.717) is 18.1 Å². The van der Waals surface area contributed by atoms with Gasteiger partial charge in [-0.05, 0) is 29.9 Å². The van der Waals surface area contributed by atoms with Crippen molar-refractivity contribution in [3.8, 4) is 0 Å². The minimum absolute atomic E-state index is 0.325. The van der Waals surface area contributed by atoms with Crippen LogP contribution in [0.4, 0.5) is 0 Å². The molecule has 0 spiro atoms. The molecule has 0 aliphatic heterocycles. The van der Waals surface area contributed by atoms with Crippen molar-refractivity contribution in [3.63, 3.8) is 0 Å². The van der Waals surface area contributed by atoms with Gasteiger partial charge in [0.05, 0.1) is 4.88 Å². The molecule has 0 aliphatic rings. The van der Waals surface area contributed by atoms with E-state index in [1.54, 1.807) is 11.3 Å². The standard InChI is InChI=1S/C12H18OS/c1-4-10(5-2)8-11(13)12-9(3)6-7-14-12/h6-7,10H,4-5,8H2,1-3H3.